The van der Waals surface area contributed by atoms with Crippen LogP contribution in [0, 0.1) is 0 Å². The van der Waals surface area contributed by atoms with Gasteiger partial charge in [0.1, 0.15) is 5.75 Å². The largest absolute Gasteiger partial charge is 0.493 e. The van der Waals surface area contributed by atoms with Crippen LogP contribution in [0.4, 0.5) is 0 Å². The van der Waals surface area contributed by atoms with E-state index in [1.807, 2.05) is 30.3 Å². The number of hydrogen-bond donors (Lipinski definition) is 1. The number of nitrogens with one attached hydrogen (secondary N) is 1. The van der Waals surface area contributed by atoms with E-state index in [1.165, 1.54) is 5.56 Å². The lowest BCUT2D eigenvalue weighted by atomic mass is 9.98. The fourth-order valence-electron chi connectivity index (χ4n) is 2.73. The quantitative estimate of drug-likeness (QED) is 0.896. The molecule has 0 radical (unpaired) electrons. The zero-order valence-electron chi connectivity index (χ0n) is 11.5. The molecule has 0 aliphatic carbocycles. The Balaban J connectivity index is 1.81. The molecule has 0 saturated carbocycles. The molecule has 20 heavy (non-hydrogen) atoms. The van der Waals surface area contributed by atoms with Gasteiger partial charge in [-0.15, -0.1) is 0 Å². The zero-order chi connectivity index (χ0) is 13.9. The smallest absolute Gasteiger partial charge is 0.124 e. The molecule has 2 aromatic carbocycles. The second-order valence-corrected chi connectivity index (χ2v) is 5.54. The van der Waals surface area contributed by atoms with Crippen molar-refractivity contribution in [3.8, 4) is 5.75 Å². The van der Waals surface area contributed by atoms with Gasteiger partial charge in [-0.25, -0.2) is 0 Å². The van der Waals surface area contributed by atoms with Gasteiger partial charge in [-0.2, -0.15) is 0 Å². The maximum atomic E-state index is 6.27. The summed E-state index contributed by atoms with van der Waals surface area (Å²) in [6.45, 7) is 2.91. The predicted molar refractivity (Wildman–Crippen MR) is 82.3 cm³/mol. The molecule has 0 bridgehead atoms. The van der Waals surface area contributed by atoms with Gasteiger partial charge in [-0.3, -0.25) is 0 Å². The van der Waals surface area contributed by atoms with Crippen LogP contribution >= 0.6 is 11.6 Å². The molecule has 2 unspecified atom stereocenters. The maximum absolute atomic E-state index is 6.27. The van der Waals surface area contributed by atoms with E-state index in [9.17, 15) is 0 Å². The summed E-state index contributed by atoms with van der Waals surface area (Å²) in [5.74, 6) is 0.989. The van der Waals surface area contributed by atoms with E-state index in [0.717, 1.165) is 29.4 Å². The summed E-state index contributed by atoms with van der Waals surface area (Å²) >= 11 is 6.27. The molecule has 1 aliphatic rings. The molecule has 2 aromatic rings. The summed E-state index contributed by atoms with van der Waals surface area (Å²) in [7, 11) is 0. The number of para-hydroxylation sites is 1. The third-order valence-electron chi connectivity index (χ3n) is 3.78. The highest BCUT2D eigenvalue weighted by atomic mass is 35.5. The number of halogens is 1. The fourth-order valence-corrected chi connectivity index (χ4v) is 3.03. The van der Waals surface area contributed by atoms with Crippen molar-refractivity contribution in [2.24, 2.45) is 0 Å². The average molecular weight is 288 g/mol. The minimum atomic E-state index is 0.208. The van der Waals surface area contributed by atoms with Gasteiger partial charge in [-0.05, 0) is 24.6 Å². The van der Waals surface area contributed by atoms with Gasteiger partial charge in [0, 0.05) is 29.1 Å². The first-order valence-electron chi connectivity index (χ1n) is 6.98. The molecule has 3 heteroatoms. The van der Waals surface area contributed by atoms with Crippen molar-refractivity contribution in [1.82, 2.24) is 5.32 Å². The summed E-state index contributed by atoms with van der Waals surface area (Å²) in [6, 6.07) is 16.7. The van der Waals surface area contributed by atoms with Crippen molar-refractivity contribution in [2.75, 3.05) is 6.61 Å². The second-order valence-electron chi connectivity index (χ2n) is 5.14. The van der Waals surface area contributed by atoms with Crippen molar-refractivity contribution in [3.63, 3.8) is 0 Å². The van der Waals surface area contributed by atoms with E-state index < -0.39 is 0 Å². The van der Waals surface area contributed by atoms with Gasteiger partial charge in [-0.1, -0.05) is 48.0 Å². The molecule has 104 valence electrons. The molecule has 0 amide bonds. The second kappa shape index (κ2) is 5.86. The van der Waals surface area contributed by atoms with E-state index in [0.29, 0.717) is 6.04 Å². The molecule has 2 atom stereocenters. The molecule has 1 N–H and O–H groups in total. The van der Waals surface area contributed by atoms with E-state index in [2.05, 4.69) is 30.4 Å². The van der Waals surface area contributed by atoms with Gasteiger partial charge < -0.3 is 10.1 Å². The predicted octanol–water partition coefficient (Wildman–Crippen LogP) is 4.51. The minimum absolute atomic E-state index is 0.208. The van der Waals surface area contributed by atoms with Crippen LogP contribution < -0.4 is 10.1 Å². The Morgan fingerprint density at radius 1 is 1.15 bits per heavy atom. The van der Waals surface area contributed by atoms with Crippen LogP contribution in [-0.2, 0) is 0 Å². The lowest BCUT2D eigenvalue weighted by Crippen LogP contribution is -2.29. The highest BCUT2D eigenvalue weighted by molar-refractivity contribution is 6.31. The molecule has 0 saturated heterocycles. The maximum Gasteiger partial charge on any atom is 0.124 e. The van der Waals surface area contributed by atoms with Gasteiger partial charge in [0.25, 0.3) is 0 Å². The highest BCUT2D eigenvalue weighted by Gasteiger charge is 2.23. The Morgan fingerprint density at radius 3 is 2.75 bits per heavy atom. The van der Waals surface area contributed by atoms with Crippen LogP contribution in [0.2, 0.25) is 5.02 Å². The van der Waals surface area contributed by atoms with Crippen molar-refractivity contribution in [1.29, 1.82) is 0 Å². The topological polar surface area (TPSA) is 21.3 Å². The first-order chi connectivity index (χ1) is 9.75. The first kappa shape index (κ1) is 13.5. The number of ether oxygens (including phenoxy) is 1. The third kappa shape index (κ3) is 2.67. The summed E-state index contributed by atoms with van der Waals surface area (Å²) in [5.41, 5.74) is 2.37. The Kier molecular flexibility index (Phi) is 3.95. The first-order valence-corrected chi connectivity index (χ1v) is 7.35. The third-order valence-corrected chi connectivity index (χ3v) is 4.13. The lowest BCUT2D eigenvalue weighted by molar-refractivity contribution is 0.246. The normalized spacial score (nSPS) is 19.0. The monoisotopic (exact) mass is 287 g/mol. The molecule has 3 rings (SSSR count). The molecule has 0 fully saturated rings. The van der Waals surface area contributed by atoms with Crippen LogP contribution in [0.5, 0.6) is 5.75 Å². The zero-order valence-corrected chi connectivity index (χ0v) is 12.2. The molecule has 2 nitrogen and oxygen atoms in total. The van der Waals surface area contributed by atoms with E-state index in [1.54, 1.807) is 0 Å². The van der Waals surface area contributed by atoms with Crippen LogP contribution in [0.3, 0.4) is 0 Å². The van der Waals surface area contributed by atoms with Gasteiger partial charge in [0.2, 0.25) is 0 Å². The van der Waals surface area contributed by atoms with Gasteiger partial charge in [0.15, 0.2) is 0 Å². The van der Waals surface area contributed by atoms with Crippen LogP contribution in [-0.4, -0.2) is 6.61 Å². The number of fused-ring (bicyclic) bond motifs is 1. The molecule has 0 aromatic heterocycles. The highest BCUT2D eigenvalue weighted by Crippen LogP contribution is 2.34. The fraction of sp³-hybridized carbons (Fsp3) is 0.294. The Bertz CT molecular complexity index is 599. The standard InChI is InChI=1S/C17H18ClNO/c1-12(13-6-2-4-8-15(13)18)19-16-10-11-20-17-9-5-3-7-14(16)17/h2-9,12,16,19H,10-11H2,1H3. The summed E-state index contributed by atoms with van der Waals surface area (Å²) in [5, 5.41) is 4.48. The summed E-state index contributed by atoms with van der Waals surface area (Å²) < 4.78 is 5.70. The molecule has 1 aliphatic heterocycles. The lowest BCUT2D eigenvalue weighted by Gasteiger charge is -2.29. The van der Waals surface area contributed by atoms with Gasteiger partial charge in [0.05, 0.1) is 6.61 Å². The van der Waals surface area contributed by atoms with Crippen molar-refractivity contribution in [2.45, 2.75) is 25.4 Å². The molecule has 0 spiro atoms. The summed E-state index contributed by atoms with van der Waals surface area (Å²) in [4.78, 5) is 0. The Hall–Kier alpha value is -1.51. The molecule has 1 heterocycles. The Labute approximate surface area is 124 Å². The summed E-state index contributed by atoms with van der Waals surface area (Å²) in [6.07, 6.45) is 0.978. The number of hydrogen-bond acceptors (Lipinski definition) is 2. The van der Waals surface area contributed by atoms with E-state index >= 15 is 0 Å². The minimum Gasteiger partial charge on any atom is -0.493 e. The van der Waals surface area contributed by atoms with Crippen LogP contribution in [0.1, 0.15) is 36.6 Å². The van der Waals surface area contributed by atoms with Crippen LogP contribution in [0.25, 0.3) is 0 Å². The SMILES string of the molecule is CC(NC1CCOc2ccccc21)c1ccccc1Cl. The van der Waals surface area contributed by atoms with E-state index in [4.69, 9.17) is 16.3 Å². The number of rotatable bonds is 3. The molecular formula is C17H18ClNO. The van der Waals surface area contributed by atoms with Gasteiger partial charge >= 0.3 is 0 Å². The van der Waals surface area contributed by atoms with Crippen molar-refractivity contribution >= 4 is 11.6 Å². The Morgan fingerprint density at radius 2 is 1.90 bits per heavy atom. The van der Waals surface area contributed by atoms with Crippen molar-refractivity contribution in [3.05, 3.63) is 64.7 Å². The average Bonchev–Trinajstić information content (AvgIpc) is 2.48. The van der Waals surface area contributed by atoms with Crippen LogP contribution in [0.15, 0.2) is 48.5 Å². The van der Waals surface area contributed by atoms with Crippen molar-refractivity contribution < 1.29 is 4.74 Å². The number of benzene rings is 2. The van der Waals surface area contributed by atoms with E-state index in [-0.39, 0.29) is 6.04 Å². The molecular weight excluding hydrogens is 270 g/mol.